The average Bonchev–Trinajstić information content (AvgIpc) is 2.73. The van der Waals surface area contributed by atoms with Gasteiger partial charge in [0.1, 0.15) is 22.7 Å². The van der Waals surface area contributed by atoms with Crippen LogP contribution in [-0.2, 0) is 0 Å². The fourth-order valence-corrected chi connectivity index (χ4v) is 3.98. The Morgan fingerprint density at radius 1 is 1.07 bits per heavy atom. The fraction of sp³-hybridized carbons (Fsp3) is 0.391. The van der Waals surface area contributed by atoms with Gasteiger partial charge in [0.2, 0.25) is 0 Å². The van der Waals surface area contributed by atoms with Crippen LogP contribution in [0.15, 0.2) is 47.3 Å². The molecule has 0 saturated carbocycles. The van der Waals surface area contributed by atoms with E-state index in [0.29, 0.717) is 23.6 Å². The van der Waals surface area contributed by atoms with Crippen molar-refractivity contribution in [2.24, 2.45) is 0 Å². The number of aromatic nitrogens is 2. The van der Waals surface area contributed by atoms with E-state index in [9.17, 15) is 9.90 Å². The number of hydrogen-bond donors (Lipinski definition) is 1. The second-order valence-electron chi connectivity index (χ2n) is 7.57. The van der Waals surface area contributed by atoms with Crippen LogP contribution in [0.2, 0.25) is 0 Å². The molecule has 29 heavy (non-hydrogen) atoms. The third-order valence-corrected chi connectivity index (χ3v) is 5.47. The highest BCUT2D eigenvalue weighted by Crippen LogP contribution is 2.22. The van der Waals surface area contributed by atoms with Crippen molar-refractivity contribution < 1.29 is 9.84 Å². The molecular weight excluding hydrogens is 366 g/mol. The Morgan fingerprint density at radius 3 is 2.59 bits per heavy atom. The Labute approximate surface area is 170 Å². The van der Waals surface area contributed by atoms with Crippen molar-refractivity contribution >= 4 is 10.9 Å². The number of aromatic hydroxyl groups is 1. The molecule has 0 spiro atoms. The summed E-state index contributed by atoms with van der Waals surface area (Å²) in [5.74, 6) is 1.31. The predicted octanol–water partition coefficient (Wildman–Crippen LogP) is 3.65. The molecule has 3 aromatic rings. The Bertz CT molecular complexity index is 1040. The van der Waals surface area contributed by atoms with Crippen molar-refractivity contribution in [2.75, 3.05) is 26.2 Å². The fourth-order valence-electron chi connectivity index (χ4n) is 3.98. The first-order valence-electron chi connectivity index (χ1n) is 10.3. The summed E-state index contributed by atoms with van der Waals surface area (Å²) in [6.07, 6.45) is 4.98. The van der Waals surface area contributed by atoms with Gasteiger partial charge in [-0.2, -0.15) is 0 Å². The van der Waals surface area contributed by atoms with Crippen LogP contribution in [0.25, 0.3) is 16.6 Å². The van der Waals surface area contributed by atoms with Gasteiger partial charge in [-0.3, -0.25) is 9.36 Å². The predicted molar refractivity (Wildman–Crippen MR) is 114 cm³/mol. The highest BCUT2D eigenvalue weighted by Gasteiger charge is 2.13. The number of ether oxygens (including phenoxy) is 1. The summed E-state index contributed by atoms with van der Waals surface area (Å²) < 4.78 is 7.38. The molecule has 6 nitrogen and oxygen atoms in total. The summed E-state index contributed by atoms with van der Waals surface area (Å²) in [6, 6.07) is 12.4. The van der Waals surface area contributed by atoms with Crippen molar-refractivity contribution in [3.8, 4) is 17.2 Å². The molecule has 1 aliphatic heterocycles. The number of phenolic OH excluding ortho intramolecular Hbond substituents is 1. The van der Waals surface area contributed by atoms with Gasteiger partial charge in [0.15, 0.2) is 0 Å². The summed E-state index contributed by atoms with van der Waals surface area (Å²) in [5, 5.41) is 10.3. The second-order valence-corrected chi connectivity index (χ2v) is 7.57. The van der Waals surface area contributed by atoms with E-state index >= 15 is 0 Å². The number of likely N-dealkylation sites (tertiary alicyclic amines) is 1. The van der Waals surface area contributed by atoms with E-state index in [4.69, 9.17) is 4.74 Å². The van der Waals surface area contributed by atoms with Crippen LogP contribution in [0.1, 0.15) is 31.5 Å². The highest BCUT2D eigenvalue weighted by atomic mass is 16.5. The minimum Gasteiger partial charge on any atom is -0.507 e. The monoisotopic (exact) mass is 393 g/mol. The third kappa shape index (κ3) is 4.27. The molecule has 6 heteroatoms. The van der Waals surface area contributed by atoms with Crippen molar-refractivity contribution in [2.45, 2.75) is 32.6 Å². The number of benzene rings is 2. The maximum Gasteiger partial charge on any atom is 0.269 e. The van der Waals surface area contributed by atoms with Crippen LogP contribution in [0.5, 0.6) is 11.5 Å². The van der Waals surface area contributed by atoms with Gasteiger partial charge in [0, 0.05) is 6.54 Å². The lowest BCUT2D eigenvalue weighted by molar-refractivity contribution is 0.205. The molecule has 0 bridgehead atoms. The quantitative estimate of drug-likeness (QED) is 0.648. The van der Waals surface area contributed by atoms with Gasteiger partial charge in [0.05, 0.1) is 17.8 Å². The molecule has 2 heterocycles. The Balaban J connectivity index is 1.45. The topological polar surface area (TPSA) is 67.6 Å². The van der Waals surface area contributed by atoms with Crippen LogP contribution >= 0.6 is 0 Å². The van der Waals surface area contributed by atoms with Gasteiger partial charge in [0.25, 0.3) is 5.56 Å². The largest absolute Gasteiger partial charge is 0.507 e. The standard InChI is InChI=1S/C23H27N3O3/c1-17-24-20-7-5-8-21(27)22(20)23(28)26(17)18-9-11-19(12-10-18)29-16-6-15-25-13-3-2-4-14-25/h5,7-12,27H,2-4,6,13-16H2,1H3. The van der Waals surface area contributed by atoms with E-state index in [1.807, 2.05) is 24.3 Å². The van der Waals surface area contributed by atoms with Crippen molar-refractivity contribution in [1.29, 1.82) is 0 Å². The molecule has 1 fully saturated rings. The molecular formula is C23H27N3O3. The van der Waals surface area contributed by atoms with Gasteiger partial charge in [-0.05, 0) is 75.7 Å². The number of piperidine rings is 1. The van der Waals surface area contributed by atoms with Gasteiger partial charge in [-0.15, -0.1) is 0 Å². The van der Waals surface area contributed by atoms with Crippen LogP contribution in [-0.4, -0.2) is 45.8 Å². The summed E-state index contributed by atoms with van der Waals surface area (Å²) in [7, 11) is 0. The number of nitrogens with zero attached hydrogens (tertiary/aromatic N) is 3. The first kappa shape index (κ1) is 19.5. The van der Waals surface area contributed by atoms with E-state index in [-0.39, 0.29) is 16.7 Å². The second kappa shape index (κ2) is 8.66. The molecule has 0 unspecified atom stereocenters. The highest BCUT2D eigenvalue weighted by molar-refractivity contribution is 5.84. The average molecular weight is 393 g/mol. The molecule has 1 aliphatic rings. The van der Waals surface area contributed by atoms with Crippen molar-refractivity contribution in [3.63, 3.8) is 0 Å². The van der Waals surface area contributed by atoms with E-state index in [1.165, 1.54) is 43.0 Å². The molecule has 0 atom stereocenters. The van der Waals surface area contributed by atoms with E-state index in [2.05, 4.69) is 9.88 Å². The molecule has 0 radical (unpaired) electrons. The van der Waals surface area contributed by atoms with Crippen LogP contribution in [0.3, 0.4) is 0 Å². The molecule has 1 saturated heterocycles. The third-order valence-electron chi connectivity index (χ3n) is 5.47. The van der Waals surface area contributed by atoms with Crippen molar-refractivity contribution in [1.82, 2.24) is 14.5 Å². The molecule has 152 valence electrons. The first-order chi connectivity index (χ1) is 14.1. The first-order valence-corrected chi connectivity index (χ1v) is 10.3. The summed E-state index contributed by atoms with van der Waals surface area (Å²) in [4.78, 5) is 19.9. The number of rotatable bonds is 6. The number of phenols is 1. The van der Waals surface area contributed by atoms with Gasteiger partial charge < -0.3 is 14.7 Å². The normalized spacial score (nSPS) is 14.9. The number of aryl methyl sites for hydroxylation is 1. The molecule has 2 aromatic carbocycles. The minimum absolute atomic E-state index is 0.0533. The Kier molecular flexibility index (Phi) is 5.81. The van der Waals surface area contributed by atoms with E-state index in [1.54, 1.807) is 19.1 Å². The lowest BCUT2D eigenvalue weighted by Gasteiger charge is -2.26. The van der Waals surface area contributed by atoms with Crippen LogP contribution in [0.4, 0.5) is 0 Å². The number of fused-ring (bicyclic) bond motifs is 1. The molecule has 0 amide bonds. The zero-order valence-corrected chi connectivity index (χ0v) is 16.8. The molecule has 1 N–H and O–H groups in total. The van der Waals surface area contributed by atoms with Crippen molar-refractivity contribution in [3.05, 3.63) is 58.6 Å². The zero-order chi connectivity index (χ0) is 20.2. The summed E-state index contributed by atoms with van der Waals surface area (Å²) in [6.45, 7) is 5.96. The molecule has 1 aromatic heterocycles. The number of hydrogen-bond acceptors (Lipinski definition) is 5. The zero-order valence-electron chi connectivity index (χ0n) is 16.8. The lowest BCUT2D eigenvalue weighted by atomic mass is 10.1. The Hall–Kier alpha value is -2.86. The van der Waals surface area contributed by atoms with Crippen LogP contribution in [0, 0.1) is 6.92 Å². The van der Waals surface area contributed by atoms with Gasteiger partial charge in [-0.25, -0.2) is 4.98 Å². The summed E-state index contributed by atoms with van der Waals surface area (Å²) >= 11 is 0. The molecule has 0 aliphatic carbocycles. The Morgan fingerprint density at radius 2 is 1.83 bits per heavy atom. The smallest absolute Gasteiger partial charge is 0.269 e. The van der Waals surface area contributed by atoms with Crippen LogP contribution < -0.4 is 10.3 Å². The SMILES string of the molecule is Cc1nc2cccc(O)c2c(=O)n1-c1ccc(OCCCN2CCCCC2)cc1. The minimum atomic E-state index is -0.277. The lowest BCUT2D eigenvalue weighted by Crippen LogP contribution is -2.31. The van der Waals surface area contributed by atoms with Gasteiger partial charge in [-0.1, -0.05) is 12.5 Å². The maximum absolute atomic E-state index is 12.9. The van der Waals surface area contributed by atoms with Gasteiger partial charge >= 0.3 is 0 Å². The maximum atomic E-state index is 12.9. The molecule has 4 rings (SSSR count). The van der Waals surface area contributed by atoms with E-state index < -0.39 is 0 Å². The summed E-state index contributed by atoms with van der Waals surface area (Å²) in [5.41, 5.74) is 0.920. The van der Waals surface area contributed by atoms with E-state index in [0.717, 1.165) is 18.7 Å².